The lowest BCUT2D eigenvalue weighted by molar-refractivity contribution is -0.152. The first-order valence-electron chi connectivity index (χ1n) is 14.3. The molecule has 6 atom stereocenters. The van der Waals surface area contributed by atoms with E-state index < -0.39 is 58.6 Å². The van der Waals surface area contributed by atoms with Gasteiger partial charge in [0.1, 0.15) is 42.6 Å². The largest absolute Gasteiger partial charge is 0.489 e. The van der Waals surface area contributed by atoms with Crippen molar-refractivity contribution < 1.29 is 42.0 Å². The third kappa shape index (κ3) is 6.90. The summed E-state index contributed by atoms with van der Waals surface area (Å²) in [6.45, 7) is 1.07. The summed E-state index contributed by atoms with van der Waals surface area (Å²) in [5, 5.41) is 35.9. The van der Waals surface area contributed by atoms with Crippen LogP contribution in [0.5, 0.6) is 5.75 Å². The lowest BCUT2D eigenvalue weighted by atomic mass is 9.98. The van der Waals surface area contributed by atoms with E-state index in [1.165, 1.54) is 22.7 Å². The minimum Gasteiger partial charge on any atom is -0.489 e. The highest BCUT2D eigenvalue weighted by Crippen LogP contribution is 2.41. The highest BCUT2D eigenvalue weighted by molar-refractivity contribution is 7.84. The van der Waals surface area contributed by atoms with E-state index in [-0.39, 0.29) is 39.3 Å². The average molecular weight is 704 g/mol. The van der Waals surface area contributed by atoms with Crippen molar-refractivity contribution >= 4 is 56.1 Å². The van der Waals surface area contributed by atoms with Crippen molar-refractivity contribution in [1.29, 1.82) is 5.41 Å². The molecule has 4 heterocycles. The van der Waals surface area contributed by atoms with Crippen molar-refractivity contribution in [3.8, 4) is 5.75 Å². The van der Waals surface area contributed by atoms with Gasteiger partial charge in [0.2, 0.25) is 0 Å². The summed E-state index contributed by atoms with van der Waals surface area (Å²) in [7, 11) is -4.98. The van der Waals surface area contributed by atoms with Crippen LogP contribution in [0.4, 0.5) is 5.13 Å². The van der Waals surface area contributed by atoms with Gasteiger partial charge in [0, 0.05) is 30.1 Å². The fourth-order valence-electron chi connectivity index (χ4n) is 5.51. The molecule has 2 aromatic heterocycles. The second-order valence-corrected chi connectivity index (χ2v) is 13.2. The number of oxime groups is 1. The number of carbonyl (C=O) groups excluding carboxylic acids is 2. The number of nitrogen functional groups attached to an aromatic ring is 1. The molecular weight excluding hydrogens is 674 g/mol. The summed E-state index contributed by atoms with van der Waals surface area (Å²) in [5.74, 6) is -2.09. The van der Waals surface area contributed by atoms with Gasteiger partial charge in [0.15, 0.2) is 10.8 Å². The molecule has 0 radical (unpaired) electrons. The number of anilines is 1. The molecule has 2 saturated heterocycles. The second kappa shape index (κ2) is 13.1. The van der Waals surface area contributed by atoms with Crippen LogP contribution in [0.15, 0.2) is 47.5 Å². The molecule has 3 aliphatic rings. The third-order valence-corrected chi connectivity index (χ3v) is 9.64. The fourth-order valence-corrected chi connectivity index (χ4v) is 6.92. The number of benzene rings is 1. The monoisotopic (exact) mass is 703 g/mol. The predicted molar refractivity (Wildman–Crippen MR) is 165 cm³/mol. The average Bonchev–Trinajstić information content (AvgIpc) is 3.57. The lowest BCUT2D eigenvalue weighted by Crippen LogP contribution is -2.73. The molecule has 48 heavy (non-hydrogen) atoms. The maximum absolute atomic E-state index is 13.4. The van der Waals surface area contributed by atoms with Crippen molar-refractivity contribution in [1.82, 2.24) is 40.0 Å². The van der Waals surface area contributed by atoms with E-state index in [1.54, 1.807) is 24.3 Å². The molecule has 3 fully saturated rings. The van der Waals surface area contributed by atoms with E-state index in [2.05, 4.69) is 36.2 Å². The Kier molecular flexibility index (Phi) is 8.96. The SMILES string of the molecule is N=C(N[C@H]1[C@@H]2CNC[C@@H]21)c1ccc(OC[C@H](O/N=C(\C(=O)N[C@@H]2C(=O)N(S(=O)(=O)O)[C@@H]2Cn2cncn2)c2csc(N)n2)C(=O)O)cc1. The van der Waals surface area contributed by atoms with Crippen molar-refractivity contribution in [2.24, 2.45) is 17.0 Å². The number of carbonyl (C=O) groups is 3. The van der Waals surface area contributed by atoms with Gasteiger partial charge in [-0.2, -0.15) is 13.5 Å². The highest BCUT2D eigenvalue weighted by atomic mass is 32.2. The number of nitrogens with one attached hydrogen (secondary N) is 4. The molecule has 3 aromatic rings. The van der Waals surface area contributed by atoms with Crippen molar-refractivity contribution in [2.75, 3.05) is 25.4 Å². The normalized spacial score (nSPS) is 23.9. The number of fused-ring (bicyclic) bond motifs is 1. The number of nitrogens with zero attached hydrogens (tertiary/aromatic N) is 6. The minimum atomic E-state index is -4.98. The van der Waals surface area contributed by atoms with Gasteiger partial charge < -0.3 is 36.4 Å². The van der Waals surface area contributed by atoms with Crippen LogP contribution in [0.1, 0.15) is 11.3 Å². The van der Waals surface area contributed by atoms with E-state index in [9.17, 15) is 32.5 Å². The first-order valence-corrected chi connectivity index (χ1v) is 16.6. The highest BCUT2D eigenvalue weighted by Gasteiger charge is 2.55. The Hall–Kier alpha value is -5.19. The maximum Gasteiger partial charge on any atom is 0.362 e. The number of β-lactam (4-membered cyclic amide) rings is 1. The van der Waals surface area contributed by atoms with E-state index in [0.717, 1.165) is 24.4 Å². The van der Waals surface area contributed by atoms with E-state index in [0.29, 0.717) is 17.4 Å². The van der Waals surface area contributed by atoms with Crippen LogP contribution in [-0.2, 0) is 36.1 Å². The van der Waals surface area contributed by atoms with Gasteiger partial charge in [-0.25, -0.2) is 19.1 Å². The summed E-state index contributed by atoms with van der Waals surface area (Å²) in [5.41, 5.74) is 5.64. The predicted octanol–water partition coefficient (Wildman–Crippen LogP) is -2.10. The molecule has 254 valence electrons. The zero-order chi connectivity index (χ0) is 34.2. The second-order valence-electron chi connectivity index (χ2n) is 11.1. The van der Waals surface area contributed by atoms with Crippen molar-refractivity contribution in [2.45, 2.75) is 30.8 Å². The van der Waals surface area contributed by atoms with Gasteiger partial charge in [-0.05, 0) is 36.1 Å². The minimum absolute atomic E-state index is 0.0358. The van der Waals surface area contributed by atoms with Gasteiger partial charge in [-0.15, -0.1) is 11.3 Å². The van der Waals surface area contributed by atoms with Gasteiger partial charge in [-0.1, -0.05) is 5.16 Å². The Labute approximate surface area is 275 Å². The van der Waals surface area contributed by atoms with Crippen LogP contribution >= 0.6 is 11.3 Å². The van der Waals surface area contributed by atoms with Crippen molar-refractivity contribution in [3.05, 3.63) is 53.6 Å². The number of amidine groups is 1. The molecule has 22 heteroatoms. The molecule has 1 aromatic carbocycles. The van der Waals surface area contributed by atoms with Gasteiger partial charge in [-0.3, -0.25) is 24.2 Å². The number of piperidine rings is 1. The molecule has 0 spiro atoms. The maximum atomic E-state index is 13.4. The third-order valence-electron chi connectivity index (χ3n) is 8.02. The van der Waals surface area contributed by atoms with Gasteiger partial charge in [0.05, 0.1) is 12.6 Å². The number of carboxylic acid groups (broad SMARTS) is 1. The van der Waals surface area contributed by atoms with Crippen LogP contribution in [0, 0.1) is 17.2 Å². The molecule has 8 N–H and O–H groups in total. The zero-order valence-electron chi connectivity index (χ0n) is 24.7. The number of amides is 2. The number of carboxylic acids is 1. The Bertz CT molecular complexity index is 1840. The summed E-state index contributed by atoms with van der Waals surface area (Å²) < 4.78 is 40.2. The quantitative estimate of drug-likeness (QED) is 0.0311. The van der Waals surface area contributed by atoms with Crippen LogP contribution in [-0.4, -0.2) is 115 Å². The summed E-state index contributed by atoms with van der Waals surface area (Å²) in [4.78, 5) is 50.9. The van der Waals surface area contributed by atoms with Crippen LogP contribution in [0.25, 0.3) is 0 Å². The number of nitrogens with two attached hydrogens (primary N) is 1. The summed E-state index contributed by atoms with van der Waals surface area (Å²) in [6, 6.07) is 3.97. The number of thiazole rings is 1. The molecule has 20 nitrogen and oxygen atoms in total. The molecule has 1 aliphatic carbocycles. The Morgan fingerprint density at radius 3 is 2.56 bits per heavy atom. The number of hydrogen-bond acceptors (Lipinski definition) is 15. The Balaban J connectivity index is 1.11. The van der Waals surface area contributed by atoms with Crippen LogP contribution < -0.4 is 26.4 Å². The molecule has 2 amide bonds. The molecule has 0 unspecified atom stereocenters. The number of hydrogen-bond donors (Lipinski definition) is 7. The molecule has 0 bridgehead atoms. The topological polar surface area (TPSA) is 289 Å². The molecule has 2 aliphatic heterocycles. The lowest BCUT2D eigenvalue weighted by Gasteiger charge is -2.43. The van der Waals surface area contributed by atoms with Crippen LogP contribution in [0.2, 0.25) is 0 Å². The smallest absolute Gasteiger partial charge is 0.362 e. The van der Waals surface area contributed by atoms with E-state index in [1.807, 2.05) is 0 Å². The summed E-state index contributed by atoms with van der Waals surface area (Å²) in [6.07, 6.45) is 0.691. The van der Waals surface area contributed by atoms with Crippen LogP contribution in [0.3, 0.4) is 0 Å². The number of rotatable bonds is 14. The van der Waals surface area contributed by atoms with E-state index in [4.69, 9.17) is 20.7 Å². The van der Waals surface area contributed by atoms with E-state index >= 15 is 0 Å². The molecular formula is C26H29N11O9S2. The number of ether oxygens (including phenoxy) is 1. The molecule has 1 saturated carbocycles. The standard InChI is InChI=1S/C26H29N11O9S2/c27-22(33-19-14-5-29-6-15(14)19)12-1-3-13(4-2-12)45-8-18(25(40)41)46-35-20(16-9-47-26(28)32-16)23(38)34-21-17(7-36-11-30-10-31-36)37(24(21)39)48(42,43)44/h1-4,9-11,14-15,17-19,21,29H,5-8H2,(H2,27,33)(H2,28,32)(H,34,38)(H,40,41)(H,42,43,44)/b35-20-/t14-,15+,17-,18+,19+,21+/m1/s1. The summed E-state index contributed by atoms with van der Waals surface area (Å²) >= 11 is 0.939. The number of aromatic nitrogens is 4. The Morgan fingerprint density at radius 2 is 1.96 bits per heavy atom. The fraction of sp³-hybridized carbons (Fsp3) is 0.385. The Morgan fingerprint density at radius 1 is 1.23 bits per heavy atom. The number of aliphatic carboxylic acids is 1. The zero-order valence-corrected chi connectivity index (χ0v) is 26.3. The first kappa shape index (κ1) is 32.7. The van der Waals surface area contributed by atoms with Gasteiger partial charge in [0.25, 0.3) is 17.9 Å². The van der Waals surface area contributed by atoms with Crippen molar-refractivity contribution in [3.63, 3.8) is 0 Å². The van der Waals surface area contributed by atoms with Gasteiger partial charge >= 0.3 is 16.3 Å². The molecule has 6 rings (SSSR count). The first-order chi connectivity index (χ1) is 22.9.